The lowest BCUT2D eigenvalue weighted by Crippen LogP contribution is -2.14. The summed E-state index contributed by atoms with van der Waals surface area (Å²) < 4.78 is 5.50. The van der Waals surface area contributed by atoms with E-state index in [4.69, 9.17) is 4.74 Å². The predicted octanol–water partition coefficient (Wildman–Crippen LogP) is 2.05. The average Bonchev–Trinajstić information content (AvgIpc) is 2.74. The van der Waals surface area contributed by atoms with Crippen LogP contribution in [0.2, 0.25) is 0 Å². The van der Waals surface area contributed by atoms with E-state index in [2.05, 4.69) is 10.3 Å². The largest absolute Gasteiger partial charge is 0.490 e. The van der Waals surface area contributed by atoms with Gasteiger partial charge in [0.1, 0.15) is 0 Å². The zero-order valence-corrected chi connectivity index (χ0v) is 10.2. The third-order valence-electron chi connectivity index (χ3n) is 3.14. The molecule has 94 valence electrons. The Labute approximate surface area is 102 Å². The van der Waals surface area contributed by atoms with Crippen LogP contribution in [-0.2, 0) is 0 Å². The molecule has 2 rings (SSSR count). The summed E-state index contributed by atoms with van der Waals surface area (Å²) >= 11 is 0. The van der Waals surface area contributed by atoms with E-state index >= 15 is 0 Å². The van der Waals surface area contributed by atoms with Gasteiger partial charge in [-0.05, 0) is 44.2 Å². The second-order valence-corrected chi connectivity index (χ2v) is 4.50. The Balaban J connectivity index is 1.89. The highest BCUT2D eigenvalue weighted by Crippen LogP contribution is 2.27. The number of nitrogens with one attached hydrogen (secondary N) is 1. The van der Waals surface area contributed by atoms with Crippen LogP contribution in [0.5, 0.6) is 5.75 Å². The second-order valence-electron chi connectivity index (χ2n) is 4.50. The zero-order valence-electron chi connectivity index (χ0n) is 10.2. The van der Waals surface area contributed by atoms with E-state index in [0.29, 0.717) is 12.5 Å². The van der Waals surface area contributed by atoms with Crippen LogP contribution in [-0.4, -0.2) is 29.3 Å². The summed E-state index contributed by atoms with van der Waals surface area (Å²) in [5.41, 5.74) is 0. The number of aromatic nitrogens is 1. The van der Waals surface area contributed by atoms with Gasteiger partial charge in [0, 0.05) is 12.7 Å². The predicted molar refractivity (Wildman–Crippen MR) is 67.2 cm³/mol. The molecule has 4 nitrogen and oxygen atoms in total. The van der Waals surface area contributed by atoms with Gasteiger partial charge in [0.2, 0.25) is 0 Å². The summed E-state index contributed by atoms with van der Waals surface area (Å²) in [6.07, 6.45) is 4.55. The molecular weight excluding hydrogens is 216 g/mol. The van der Waals surface area contributed by atoms with Crippen LogP contribution >= 0.6 is 0 Å². The molecule has 0 radical (unpaired) electrons. The van der Waals surface area contributed by atoms with Crippen LogP contribution < -0.4 is 10.1 Å². The Kier molecular flexibility index (Phi) is 4.20. The third kappa shape index (κ3) is 3.33. The van der Waals surface area contributed by atoms with Crippen molar-refractivity contribution in [3.8, 4) is 5.75 Å². The Morgan fingerprint density at radius 3 is 3.12 bits per heavy atom. The van der Waals surface area contributed by atoms with Gasteiger partial charge in [-0.3, -0.25) is 0 Å². The van der Waals surface area contributed by atoms with Crippen molar-refractivity contribution in [2.45, 2.75) is 32.3 Å². The molecule has 1 fully saturated rings. The minimum atomic E-state index is -0.114. The first kappa shape index (κ1) is 12.2. The van der Waals surface area contributed by atoms with E-state index < -0.39 is 0 Å². The Morgan fingerprint density at radius 1 is 1.53 bits per heavy atom. The highest BCUT2D eigenvalue weighted by Gasteiger charge is 2.22. The molecule has 1 heterocycles. The highest BCUT2D eigenvalue weighted by atomic mass is 16.5. The summed E-state index contributed by atoms with van der Waals surface area (Å²) in [6, 6.07) is 3.79. The maximum absolute atomic E-state index is 9.47. The van der Waals surface area contributed by atoms with Gasteiger partial charge in [0.05, 0.1) is 12.7 Å². The molecule has 0 amide bonds. The van der Waals surface area contributed by atoms with E-state index in [1.54, 1.807) is 6.20 Å². The van der Waals surface area contributed by atoms with Gasteiger partial charge in [-0.25, -0.2) is 4.98 Å². The number of rotatable bonds is 5. The molecule has 1 aliphatic rings. The normalized spacial score (nSPS) is 23.6. The topological polar surface area (TPSA) is 54.4 Å². The quantitative estimate of drug-likeness (QED) is 0.821. The first-order chi connectivity index (χ1) is 8.29. The Morgan fingerprint density at radius 2 is 2.41 bits per heavy atom. The fraction of sp³-hybridized carbons (Fsp3) is 0.615. The molecule has 0 bridgehead atoms. The molecule has 4 heteroatoms. The van der Waals surface area contributed by atoms with Crippen molar-refractivity contribution >= 4 is 5.82 Å². The number of ether oxygens (including phenoxy) is 1. The van der Waals surface area contributed by atoms with Crippen molar-refractivity contribution in [1.29, 1.82) is 0 Å². The average molecular weight is 236 g/mol. The first-order valence-corrected chi connectivity index (χ1v) is 6.29. The number of anilines is 1. The summed E-state index contributed by atoms with van der Waals surface area (Å²) in [6.45, 7) is 3.46. The van der Waals surface area contributed by atoms with Crippen LogP contribution in [0.25, 0.3) is 0 Å². The van der Waals surface area contributed by atoms with Crippen molar-refractivity contribution in [1.82, 2.24) is 4.98 Å². The lowest BCUT2D eigenvalue weighted by Gasteiger charge is -2.14. The summed E-state index contributed by atoms with van der Waals surface area (Å²) in [7, 11) is 0. The molecule has 0 aromatic carbocycles. The van der Waals surface area contributed by atoms with Crippen LogP contribution in [0.15, 0.2) is 18.3 Å². The van der Waals surface area contributed by atoms with Gasteiger partial charge >= 0.3 is 0 Å². The van der Waals surface area contributed by atoms with Gasteiger partial charge in [0.15, 0.2) is 11.6 Å². The van der Waals surface area contributed by atoms with Crippen molar-refractivity contribution in [3.05, 3.63) is 18.3 Å². The summed E-state index contributed by atoms with van der Waals surface area (Å²) in [5.74, 6) is 2.14. The number of hydrogen-bond acceptors (Lipinski definition) is 4. The highest BCUT2D eigenvalue weighted by molar-refractivity contribution is 5.49. The monoisotopic (exact) mass is 236 g/mol. The second kappa shape index (κ2) is 5.87. The van der Waals surface area contributed by atoms with Gasteiger partial charge in [-0.15, -0.1) is 0 Å². The third-order valence-corrected chi connectivity index (χ3v) is 3.14. The minimum absolute atomic E-state index is 0.114. The molecule has 2 N–H and O–H groups in total. The Hall–Kier alpha value is -1.29. The summed E-state index contributed by atoms with van der Waals surface area (Å²) in [4.78, 5) is 4.28. The molecule has 0 spiro atoms. The maximum Gasteiger partial charge on any atom is 0.168 e. The van der Waals surface area contributed by atoms with E-state index in [1.165, 1.54) is 0 Å². The maximum atomic E-state index is 9.47. The molecule has 1 aliphatic carbocycles. The van der Waals surface area contributed by atoms with Crippen LogP contribution in [0.4, 0.5) is 5.82 Å². The van der Waals surface area contributed by atoms with Crippen LogP contribution in [0.3, 0.4) is 0 Å². The Bertz CT molecular complexity index is 357. The number of nitrogens with zero attached hydrogens (tertiary/aromatic N) is 1. The number of aliphatic hydroxyl groups excluding tert-OH is 1. The van der Waals surface area contributed by atoms with Crippen LogP contribution in [0, 0.1) is 5.92 Å². The van der Waals surface area contributed by atoms with Gasteiger partial charge in [0.25, 0.3) is 0 Å². The molecule has 1 aromatic heterocycles. The fourth-order valence-electron chi connectivity index (χ4n) is 2.27. The lowest BCUT2D eigenvalue weighted by atomic mass is 10.1. The minimum Gasteiger partial charge on any atom is -0.490 e. The molecule has 17 heavy (non-hydrogen) atoms. The molecule has 2 atom stereocenters. The standard InChI is InChI=1S/C13H20N2O2/c1-2-17-12-4-3-7-14-13(12)15-9-10-5-6-11(16)8-10/h3-4,7,10-11,16H,2,5-6,8-9H2,1H3,(H,14,15). The SMILES string of the molecule is CCOc1cccnc1NCC1CCC(O)C1. The molecule has 0 aliphatic heterocycles. The van der Waals surface area contributed by atoms with E-state index in [-0.39, 0.29) is 6.10 Å². The molecule has 1 aromatic rings. The van der Waals surface area contributed by atoms with Crippen molar-refractivity contribution in [2.24, 2.45) is 5.92 Å². The van der Waals surface area contributed by atoms with E-state index in [1.807, 2.05) is 19.1 Å². The smallest absolute Gasteiger partial charge is 0.168 e. The van der Waals surface area contributed by atoms with Crippen molar-refractivity contribution < 1.29 is 9.84 Å². The van der Waals surface area contributed by atoms with E-state index in [0.717, 1.165) is 37.4 Å². The zero-order chi connectivity index (χ0) is 12.1. The first-order valence-electron chi connectivity index (χ1n) is 6.29. The van der Waals surface area contributed by atoms with Gasteiger partial charge < -0.3 is 15.2 Å². The molecule has 1 saturated carbocycles. The molecule has 2 unspecified atom stereocenters. The van der Waals surface area contributed by atoms with Gasteiger partial charge in [-0.2, -0.15) is 0 Å². The molecule has 0 saturated heterocycles. The fourth-order valence-corrected chi connectivity index (χ4v) is 2.27. The van der Waals surface area contributed by atoms with Crippen molar-refractivity contribution in [2.75, 3.05) is 18.5 Å². The van der Waals surface area contributed by atoms with E-state index in [9.17, 15) is 5.11 Å². The number of pyridine rings is 1. The van der Waals surface area contributed by atoms with Crippen LogP contribution in [0.1, 0.15) is 26.2 Å². The lowest BCUT2D eigenvalue weighted by molar-refractivity contribution is 0.178. The number of hydrogen-bond donors (Lipinski definition) is 2. The molecular formula is C13H20N2O2. The summed E-state index contributed by atoms with van der Waals surface area (Å²) in [5, 5.41) is 12.8. The van der Waals surface area contributed by atoms with Gasteiger partial charge in [-0.1, -0.05) is 0 Å². The number of aliphatic hydroxyl groups is 1. The van der Waals surface area contributed by atoms with Crippen molar-refractivity contribution in [3.63, 3.8) is 0 Å².